The smallest absolute Gasteiger partial charge is 0.236 e. The van der Waals surface area contributed by atoms with E-state index in [4.69, 9.17) is 0 Å². The Hall–Kier alpha value is -1.42. The topological polar surface area (TPSA) is 41.1 Å². The first-order chi connectivity index (χ1) is 8.65. The fourth-order valence-electron chi connectivity index (χ4n) is 1.54. The van der Waals surface area contributed by atoms with Crippen molar-refractivity contribution in [2.45, 2.75) is 39.3 Å². The lowest BCUT2D eigenvalue weighted by Gasteiger charge is -2.14. The molecule has 0 fully saturated rings. The third kappa shape index (κ3) is 4.84. The molecule has 0 aliphatic heterocycles. The maximum atomic E-state index is 13.3. The highest BCUT2D eigenvalue weighted by Crippen LogP contribution is 2.05. The van der Waals surface area contributed by atoms with E-state index < -0.39 is 0 Å². The lowest BCUT2D eigenvalue weighted by atomic mass is 10.2. The molecule has 2 N–H and O–H groups in total. The van der Waals surface area contributed by atoms with Crippen LogP contribution < -0.4 is 10.6 Å². The minimum absolute atomic E-state index is 0.0419. The molecule has 0 spiro atoms. The zero-order valence-corrected chi connectivity index (χ0v) is 11.0. The van der Waals surface area contributed by atoms with Gasteiger partial charge in [-0.2, -0.15) is 0 Å². The van der Waals surface area contributed by atoms with E-state index in [1.54, 1.807) is 25.1 Å². The van der Waals surface area contributed by atoms with E-state index in [0.717, 1.165) is 12.8 Å². The lowest BCUT2D eigenvalue weighted by molar-refractivity contribution is -0.122. The van der Waals surface area contributed by atoms with Crippen LogP contribution in [0.15, 0.2) is 24.3 Å². The summed E-state index contributed by atoms with van der Waals surface area (Å²) in [4.78, 5) is 11.7. The van der Waals surface area contributed by atoms with E-state index in [2.05, 4.69) is 17.6 Å². The molecule has 1 rings (SSSR count). The first-order valence-electron chi connectivity index (χ1n) is 6.39. The Balaban J connectivity index is 2.34. The highest BCUT2D eigenvalue weighted by atomic mass is 19.1. The van der Waals surface area contributed by atoms with E-state index in [1.807, 2.05) is 0 Å². The summed E-state index contributed by atoms with van der Waals surface area (Å²) >= 11 is 0. The van der Waals surface area contributed by atoms with Gasteiger partial charge in [-0.05, 0) is 19.4 Å². The first kappa shape index (κ1) is 14.6. The van der Waals surface area contributed by atoms with Crippen LogP contribution in [0.5, 0.6) is 0 Å². The molecule has 0 radical (unpaired) electrons. The molecule has 0 aromatic heterocycles. The molecule has 0 aliphatic rings. The zero-order chi connectivity index (χ0) is 13.4. The van der Waals surface area contributed by atoms with Gasteiger partial charge in [-0.15, -0.1) is 0 Å². The van der Waals surface area contributed by atoms with Crippen molar-refractivity contribution in [2.75, 3.05) is 6.54 Å². The summed E-state index contributed by atoms with van der Waals surface area (Å²) in [6.07, 6.45) is 2.03. The van der Waals surface area contributed by atoms with E-state index in [1.165, 1.54) is 6.07 Å². The second kappa shape index (κ2) is 7.82. The van der Waals surface area contributed by atoms with Gasteiger partial charge in [0.2, 0.25) is 5.91 Å². The van der Waals surface area contributed by atoms with Crippen molar-refractivity contribution < 1.29 is 9.18 Å². The highest BCUT2D eigenvalue weighted by Gasteiger charge is 2.11. The van der Waals surface area contributed by atoms with Crippen molar-refractivity contribution in [3.63, 3.8) is 0 Å². The second-order valence-corrected chi connectivity index (χ2v) is 4.34. The van der Waals surface area contributed by atoms with Crippen LogP contribution in [0.3, 0.4) is 0 Å². The molecular weight excluding hydrogens is 231 g/mol. The van der Waals surface area contributed by atoms with Gasteiger partial charge in [-0.1, -0.05) is 31.5 Å². The van der Waals surface area contributed by atoms with Crippen molar-refractivity contribution in [3.05, 3.63) is 35.6 Å². The quantitative estimate of drug-likeness (QED) is 0.731. The third-order valence-corrected chi connectivity index (χ3v) is 2.78. The van der Waals surface area contributed by atoms with Gasteiger partial charge in [-0.25, -0.2) is 4.39 Å². The predicted octanol–water partition coefficient (Wildman–Crippen LogP) is 2.22. The Morgan fingerprint density at radius 3 is 2.78 bits per heavy atom. The number of hydrogen-bond acceptors (Lipinski definition) is 2. The number of nitrogens with one attached hydrogen (secondary N) is 2. The van der Waals surface area contributed by atoms with Gasteiger partial charge in [0.15, 0.2) is 0 Å². The Morgan fingerprint density at radius 2 is 2.11 bits per heavy atom. The molecule has 0 saturated carbocycles. The number of unbranched alkanes of at least 4 members (excludes halogenated alkanes) is 1. The van der Waals surface area contributed by atoms with Gasteiger partial charge >= 0.3 is 0 Å². The molecule has 0 aliphatic carbocycles. The molecule has 0 bridgehead atoms. The largest absolute Gasteiger partial charge is 0.355 e. The number of amides is 1. The fraction of sp³-hybridized carbons (Fsp3) is 0.500. The summed E-state index contributed by atoms with van der Waals surface area (Å²) in [6.45, 7) is 4.91. The Kier molecular flexibility index (Phi) is 6.36. The van der Waals surface area contributed by atoms with Crippen molar-refractivity contribution in [3.8, 4) is 0 Å². The summed E-state index contributed by atoms with van der Waals surface area (Å²) in [7, 11) is 0. The molecule has 18 heavy (non-hydrogen) atoms. The number of carbonyl (C=O) groups excluding carboxylic acids is 1. The van der Waals surface area contributed by atoms with Crippen molar-refractivity contribution >= 4 is 5.91 Å². The summed E-state index contributed by atoms with van der Waals surface area (Å²) in [6, 6.07) is 6.25. The molecule has 1 unspecified atom stereocenters. The Labute approximate surface area is 108 Å². The van der Waals surface area contributed by atoms with Crippen LogP contribution in [0.4, 0.5) is 4.39 Å². The van der Waals surface area contributed by atoms with Crippen LogP contribution in [0, 0.1) is 5.82 Å². The normalized spacial score (nSPS) is 12.2. The second-order valence-electron chi connectivity index (χ2n) is 4.34. The SMILES string of the molecule is CCCCNC(=O)C(C)NCc1ccccc1F. The molecule has 4 heteroatoms. The molecule has 1 aromatic rings. The van der Waals surface area contributed by atoms with Gasteiger partial charge in [0.1, 0.15) is 5.82 Å². The van der Waals surface area contributed by atoms with E-state index in [-0.39, 0.29) is 17.8 Å². The number of rotatable bonds is 7. The van der Waals surface area contributed by atoms with Crippen LogP contribution >= 0.6 is 0 Å². The summed E-state index contributed by atoms with van der Waals surface area (Å²) in [5.41, 5.74) is 0.575. The minimum Gasteiger partial charge on any atom is -0.355 e. The van der Waals surface area contributed by atoms with Crippen LogP contribution in [-0.4, -0.2) is 18.5 Å². The van der Waals surface area contributed by atoms with Crippen LogP contribution in [0.2, 0.25) is 0 Å². The lowest BCUT2D eigenvalue weighted by Crippen LogP contribution is -2.42. The highest BCUT2D eigenvalue weighted by molar-refractivity contribution is 5.81. The molecule has 100 valence electrons. The molecular formula is C14H21FN2O. The van der Waals surface area contributed by atoms with Gasteiger partial charge in [0.05, 0.1) is 6.04 Å². The average Bonchev–Trinajstić information content (AvgIpc) is 2.37. The van der Waals surface area contributed by atoms with Gasteiger partial charge in [-0.3, -0.25) is 4.79 Å². The predicted molar refractivity (Wildman–Crippen MR) is 70.6 cm³/mol. The van der Waals surface area contributed by atoms with Crippen molar-refractivity contribution in [1.29, 1.82) is 0 Å². The van der Waals surface area contributed by atoms with Crippen LogP contribution in [0.25, 0.3) is 0 Å². The van der Waals surface area contributed by atoms with Crippen LogP contribution in [-0.2, 0) is 11.3 Å². The first-order valence-corrected chi connectivity index (χ1v) is 6.39. The molecule has 0 saturated heterocycles. The Morgan fingerprint density at radius 1 is 1.39 bits per heavy atom. The monoisotopic (exact) mass is 252 g/mol. The minimum atomic E-state index is -0.318. The van der Waals surface area contributed by atoms with E-state index in [0.29, 0.717) is 18.7 Å². The van der Waals surface area contributed by atoms with Gasteiger partial charge < -0.3 is 10.6 Å². The molecule has 3 nitrogen and oxygen atoms in total. The third-order valence-electron chi connectivity index (χ3n) is 2.78. The van der Waals surface area contributed by atoms with Crippen LogP contribution in [0.1, 0.15) is 32.3 Å². The van der Waals surface area contributed by atoms with Crippen molar-refractivity contribution in [2.24, 2.45) is 0 Å². The molecule has 1 atom stereocenters. The maximum absolute atomic E-state index is 13.3. The maximum Gasteiger partial charge on any atom is 0.236 e. The Bertz CT molecular complexity index is 382. The molecule has 1 aromatic carbocycles. The summed E-state index contributed by atoms with van der Waals surface area (Å²) in [5.74, 6) is -0.289. The zero-order valence-electron chi connectivity index (χ0n) is 11.0. The molecule has 1 amide bonds. The number of benzene rings is 1. The van der Waals surface area contributed by atoms with Gasteiger partial charge in [0, 0.05) is 18.7 Å². The summed E-state index contributed by atoms with van der Waals surface area (Å²) in [5, 5.41) is 5.85. The number of halogens is 1. The summed E-state index contributed by atoms with van der Waals surface area (Å²) < 4.78 is 13.3. The van der Waals surface area contributed by atoms with E-state index >= 15 is 0 Å². The number of carbonyl (C=O) groups is 1. The fourth-order valence-corrected chi connectivity index (χ4v) is 1.54. The van der Waals surface area contributed by atoms with Gasteiger partial charge in [0.25, 0.3) is 0 Å². The molecule has 0 heterocycles. The standard InChI is InChI=1S/C14H21FN2O/c1-3-4-9-16-14(18)11(2)17-10-12-7-5-6-8-13(12)15/h5-8,11,17H,3-4,9-10H2,1-2H3,(H,16,18). The van der Waals surface area contributed by atoms with Crippen molar-refractivity contribution in [1.82, 2.24) is 10.6 Å². The average molecular weight is 252 g/mol. The van der Waals surface area contributed by atoms with E-state index in [9.17, 15) is 9.18 Å². The number of hydrogen-bond donors (Lipinski definition) is 2.